The summed E-state index contributed by atoms with van der Waals surface area (Å²) in [6.45, 7) is 0. The van der Waals surface area contributed by atoms with E-state index in [-0.39, 0.29) is 5.56 Å². The molecule has 1 aliphatic rings. The summed E-state index contributed by atoms with van der Waals surface area (Å²) in [5, 5.41) is 5.61. The highest BCUT2D eigenvalue weighted by molar-refractivity contribution is 7.90. The summed E-state index contributed by atoms with van der Waals surface area (Å²) in [6.07, 6.45) is 2.15. The SMILES string of the molecule is NS(=O)(=O)C1(c2cc(Cl)ccc2F)CCCC1. The average Bonchev–Trinajstić information content (AvgIpc) is 2.71. The van der Waals surface area contributed by atoms with Crippen molar-refractivity contribution in [3.63, 3.8) is 0 Å². The molecule has 0 bridgehead atoms. The zero-order valence-electron chi connectivity index (χ0n) is 9.12. The van der Waals surface area contributed by atoms with Crippen molar-refractivity contribution in [2.75, 3.05) is 0 Å². The Kier molecular flexibility index (Phi) is 3.18. The molecular formula is C11H13ClFNO2S. The number of halogens is 2. The largest absolute Gasteiger partial charge is 0.228 e. The third-order valence-electron chi connectivity index (χ3n) is 3.38. The van der Waals surface area contributed by atoms with E-state index in [1.54, 1.807) is 0 Å². The van der Waals surface area contributed by atoms with Gasteiger partial charge in [0.2, 0.25) is 10.0 Å². The van der Waals surface area contributed by atoms with E-state index in [2.05, 4.69) is 0 Å². The molecule has 17 heavy (non-hydrogen) atoms. The lowest BCUT2D eigenvalue weighted by Crippen LogP contribution is -2.39. The van der Waals surface area contributed by atoms with Crippen molar-refractivity contribution in [3.8, 4) is 0 Å². The molecule has 1 aliphatic carbocycles. The molecule has 2 N–H and O–H groups in total. The number of primary sulfonamides is 1. The predicted molar refractivity (Wildman–Crippen MR) is 64.7 cm³/mol. The molecule has 0 heterocycles. The van der Waals surface area contributed by atoms with Gasteiger partial charge in [-0.25, -0.2) is 17.9 Å². The number of hydrogen-bond acceptors (Lipinski definition) is 2. The van der Waals surface area contributed by atoms with E-state index in [1.807, 2.05) is 0 Å². The zero-order chi connectivity index (χ0) is 12.7. The van der Waals surface area contributed by atoms with Gasteiger partial charge in [-0.2, -0.15) is 0 Å². The van der Waals surface area contributed by atoms with Crippen LogP contribution in [0, 0.1) is 5.82 Å². The minimum absolute atomic E-state index is 0.102. The maximum absolute atomic E-state index is 13.8. The molecule has 2 rings (SSSR count). The van der Waals surface area contributed by atoms with E-state index in [0.717, 1.165) is 12.8 Å². The highest BCUT2D eigenvalue weighted by Crippen LogP contribution is 2.45. The Morgan fingerprint density at radius 2 is 1.88 bits per heavy atom. The van der Waals surface area contributed by atoms with Gasteiger partial charge in [-0.15, -0.1) is 0 Å². The van der Waals surface area contributed by atoms with Crippen LogP contribution in [0.1, 0.15) is 31.2 Å². The summed E-state index contributed by atoms with van der Waals surface area (Å²) in [5.74, 6) is -0.565. The van der Waals surface area contributed by atoms with Crippen molar-refractivity contribution >= 4 is 21.6 Å². The lowest BCUT2D eigenvalue weighted by molar-refractivity contribution is 0.500. The van der Waals surface area contributed by atoms with Crippen molar-refractivity contribution < 1.29 is 12.8 Å². The molecule has 0 amide bonds. The van der Waals surface area contributed by atoms with Crippen LogP contribution in [-0.2, 0) is 14.8 Å². The summed E-state index contributed by atoms with van der Waals surface area (Å²) >= 11 is 5.81. The molecule has 1 saturated carbocycles. The molecular weight excluding hydrogens is 265 g/mol. The Morgan fingerprint density at radius 3 is 2.41 bits per heavy atom. The maximum atomic E-state index is 13.8. The molecule has 0 radical (unpaired) electrons. The summed E-state index contributed by atoms with van der Waals surface area (Å²) in [7, 11) is -3.86. The first-order chi connectivity index (χ1) is 7.87. The topological polar surface area (TPSA) is 60.2 Å². The Labute approximate surface area is 105 Å². The van der Waals surface area contributed by atoms with Crippen LogP contribution >= 0.6 is 11.6 Å². The van der Waals surface area contributed by atoms with Crippen molar-refractivity contribution in [3.05, 3.63) is 34.6 Å². The van der Waals surface area contributed by atoms with Crippen LogP contribution in [0.25, 0.3) is 0 Å². The summed E-state index contributed by atoms with van der Waals surface area (Å²) in [5.41, 5.74) is 0.102. The van der Waals surface area contributed by atoms with Gasteiger partial charge < -0.3 is 0 Å². The van der Waals surface area contributed by atoms with E-state index < -0.39 is 20.6 Å². The molecule has 0 aromatic heterocycles. The minimum atomic E-state index is -3.86. The molecule has 94 valence electrons. The fourth-order valence-electron chi connectivity index (χ4n) is 2.50. The van der Waals surface area contributed by atoms with Crippen LogP contribution in [0.5, 0.6) is 0 Å². The molecule has 0 atom stereocenters. The summed E-state index contributed by atoms with van der Waals surface area (Å²) in [4.78, 5) is 0. The fourth-order valence-corrected chi connectivity index (χ4v) is 3.99. The first-order valence-corrected chi connectivity index (χ1v) is 7.27. The quantitative estimate of drug-likeness (QED) is 0.903. The van der Waals surface area contributed by atoms with Gasteiger partial charge in [0.15, 0.2) is 0 Å². The molecule has 1 aromatic rings. The Balaban J connectivity index is 2.66. The monoisotopic (exact) mass is 277 g/mol. The van der Waals surface area contributed by atoms with Crippen LogP contribution < -0.4 is 5.14 Å². The molecule has 1 fully saturated rings. The number of nitrogens with two attached hydrogens (primary N) is 1. The molecule has 3 nitrogen and oxygen atoms in total. The van der Waals surface area contributed by atoms with Gasteiger partial charge in [0.05, 0.1) is 0 Å². The Hall–Kier alpha value is -0.650. The molecule has 0 aliphatic heterocycles. The van der Waals surface area contributed by atoms with Gasteiger partial charge in [0.1, 0.15) is 10.6 Å². The zero-order valence-corrected chi connectivity index (χ0v) is 10.7. The third kappa shape index (κ3) is 2.07. The van der Waals surface area contributed by atoms with Crippen LogP contribution in [0.2, 0.25) is 5.02 Å². The minimum Gasteiger partial charge on any atom is -0.228 e. The van der Waals surface area contributed by atoms with Crippen LogP contribution in [-0.4, -0.2) is 8.42 Å². The van der Waals surface area contributed by atoms with Gasteiger partial charge >= 0.3 is 0 Å². The summed E-state index contributed by atoms with van der Waals surface area (Å²) in [6, 6.07) is 3.95. The first-order valence-electron chi connectivity index (χ1n) is 5.35. The summed E-state index contributed by atoms with van der Waals surface area (Å²) < 4.78 is 36.1. The Morgan fingerprint density at radius 1 is 1.29 bits per heavy atom. The van der Waals surface area contributed by atoms with E-state index in [1.165, 1.54) is 18.2 Å². The van der Waals surface area contributed by atoms with E-state index >= 15 is 0 Å². The van der Waals surface area contributed by atoms with Crippen LogP contribution in [0.3, 0.4) is 0 Å². The van der Waals surface area contributed by atoms with Crippen molar-refractivity contribution in [1.29, 1.82) is 0 Å². The molecule has 0 spiro atoms. The van der Waals surface area contributed by atoms with E-state index in [4.69, 9.17) is 16.7 Å². The van der Waals surface area contributed by atoms with Gasteiger partial charge in [-0.1, -0.05) is 24.4 Å². The molecule has 6 heteroatoms. The normalized spacial score (nSPS) is 19.5. The fraction of sp³-hybridized carbons (Fsp3) is 0.455. The third-order valence-corrected chi connectivity index (χ3v) is 5.33. The second kappa shape index (κ2) is 4.23. The number of rotatable bonds is 2. The van der Waals surface area contributed by atoms with Crippen LogP contribution in [0.15, 0.2) is 18.2 Å². The van der Waals surface area contributed by atoms with Gasteiger partial charge in [-0.05, 0) is 31.0 Å². The van der Waals surface area contributed by atoms with Gasteiger partial charge in [0, 0.05) is 10.6 Å². The van der Waals surface area contributed by atoms with Crippen molar-refractivity contribution in [2.45, 2.75) is 30.4 Å². The maximum Gasteiger partial charge on any atom is 0.219 e. The second-order valence-electron chi connectivity index (χ2n) is 4.37. The lowest BCUT2D eigenvalue weighted by Gasteiger charge is -2.27. The number of sulfonamides is 1. The lowest BCUT2D eigenvalue weighted by atomic mass is 9.96. The number of benzene rings is 1. The van der Waals surface area contributed by atoms with Crippen LogP contribution in [0.4, 0.5) is 4.39 Å². The Bertz CT molecular complexity index is 538. The highest BCUT2D eigenvalue weighted by atomic mass is 35.5. The standard InChI is InChI=1S/C11H13ClFNO2S/c12-8-3-4-10(13)9(7-8)11(17(14,15)16)5-1-2-6-11/h3-4,7H,1-2,5-6H2,(H2,14,15,16). The smallest absolute Gasteiger partial charge is 0.219 e. The van der Waals surface area contributed by atoms with Gasteiger partial charge in [-0.3, -0.25) is 0 Å². The van der Waals surface area contributed by atoms with Crippen molar-refractivity contribution in [1.82, 2.24) is 0 Å². The molecule has 0 unspecified atom stereocenters. The van der Waals surface area contributed by atoms with Gasteiger partial charge in [0.25, 0.3) is 0 Å². The number of hydrogen-bond donors (Lipinski definition) is 1. The predicted octanol–water partition coefficient (Wildman–Crippen LogP) is 2.54. The average molecular weight is 278 g/mol. The van der Waals surface area contributed by atoms with Crippen molar-refractivity contribution in [2.24, 2.45) is 5.14 Å². The van der Waals surface area contributed by atoms with E-state index in [9.17, 15) is 12.8 Å². The second-order valence-corrected chi connectivity index (χ2v) is 6.68. The van der Waals surface area contributed by atoms with E-state index in [0.29, 0.717) is 17.9 Å². The first kappa shape index (κ1) is 12.8. The highest BCUT2D eigenvalue weighted by Gasteiger charge is 2.47. The molecule has 0 saturated heterocycles. The molecule has 1 aromatic carbocycles.